The van der Waals surface area contributed by atoms with Crippen molar-refractivity contribution < 1.29 is 27.2 Å². The maximum atomic E-state index is 13.3. The normalized spacial score (nSPS) is 16.3. The zero-order valence-electron chi connectivity index (χ0n) is 15.4. The van der Waals surface area contributed by atoms with Crippen LogP contribution >= 0.6 is 0 Å². The van der Waals surface area contributed by atoms with Gasteiger partial charge < -0.3 is 4.90 Å². The Kier molecular flexibility index (Phi) is 4.82. The lowest BCUT2D eigenvalue weighted by Crippen LogP contribution is -2.43. The summed E-state index contributed by atoms with van der Waals surface area (Å²) in [5.74, 6) is -1.17. The van der Waals surface area contributed by atoms with E-state index in [0.717, 1.165) is 12.1 Å². The second-order valence-electron chi connectivity index (χ2n) is 7.03. The molecule has 3 amide bonds. The molecule has 0 unspecified atom stereocenters. The highest BCUT2D eigenvalue weighted by Crippen LogP contribution is 2.38. The number of benzene rings is 2. The number of imide groups is 1. The highest BCUT2D eigenvalue weighted by Gasteiger charge is 2.52. The number of nitrogens with zero attached hydrogens (tertiary/aromatic N) is 3. The van der Waals surface area contributed by atoms with Crippen LogP contribution in [-0.4, -0.2) is 22.4 Å². The summed E-state index contributed by atoms with van der Waals surface area (Å²) < 4.78 is 52.9. The second-order valence-corrected chi connectivity index (χ2v) is 7.03. The van der Waals surface area contributed by atoms with Crippen LogP contribution in [0.5, 0.6) is 0 Å². The Morgan fingerprint density at radius 1 is 1.07 bits per heavy atom. The van der Waals surface area contributed by atoms with E-state index in [0.29, 0.717) is 16.5 Å². The largest absolute Gasteiger partial charge is 0.417 e. The van der Waals surface area contributed by atoms with Gasteiger partial charge in [-0.05, 0) is 49.7 Å². The van der Waals surface area contributed by atoms with Crippen LogP contribution in [0, 0.1) is 17.1 Å². The molecule has 1 heterocycles. The van der Waals surface area contributed by atoms with Gasteiger partial charge in [-0.3, -0.25) is 4.79 Å². The first-order valence-corrected chi connectivity index (χ1v) is 8.49. The van der Waals surface area contributed by atoms with Gasteiger partial charge in [0.15, 0.2) is 0 Å². The van der Waals surface area contributed by atoms with Gasteiger partial charge in [0, 0.05) is 6.54 Å². The van der Waals surface area contributed by atoms with Crippen molar-refractivity contribution in [2.45, 2.75) is 32.1 Å². The molecule has 150 valence electrons. The van der Waals surface area contributed by atoms with Gasteiger partial charge in [0.2, 0.25) is 0 Å². The summed E-state index contributed by atoms with van der Waals surface area (Å²) in [6, 6.07) is 8.64. The molecule has 5 nitrogen and oxygen atoms in total. The number of carbonyl (C=O) groups is 2. The Morgan fingerprint density at radius 3 is 2.24 bits per heavy atom. The fourth-order valence-corrected chi connectivity index (χ4v) is 3.10. The smallest absolute Gasteiger partial charge is 0.305 e. The van der Waals surface area contributed by atoms with Crippen molar-refractivity contribution in [2.75, 3.05) is 4.90 Å². The molecule has 0 saturated carbocycles. The Balaban J connectivity index is 2.01. The summed E-state index contributed by atoms with van der Waals surface area (Å²) in [4.78, 5) is 27.7. The molecule has 2 aromatic carbocycles. The first-order chi connectivity index (χ1) is 13.5. The van der Waals surface area contributed by atoms with Crippen LogP contribution in [0.25, 0.3) is 0 Å². The molecule has 29 heavy (non-hydrogen) atoms. The summed E-state index contributed by atoms with van der Waals surface area (Å²) in [5.41, 5.74) is -2.90. The molecule has 1 fully saturated rings. The zero-order valence-corrected chi connectivity index (χ0v) is 15.4. The highest BCUT2D eigenvalue weighted by molar-refractivity contribution is 6.23. The Hall–Kier alpha value is -3.41. The van der Waals surface area contributed by atoms with Gasteiger partial charge in [0.05, 0.1) is 22.9 Å². The lowest BCUT2D eigenvalue weighted by Gasteiger charge is -2.27. The molecular weight excluding hydrogens is 390 g/mol. The van der Waals surface area contributed by atoms with Crippen molar-refractivity contribution >= 4 is 17.6 Å². The number of hydrogen-bond donors (Lipinski definition) is 0. The van der Waals surface area contributed by atoms with E-state index in [9.17, 15) is 27.2 Å². The highest BCUT2D eigenvalue weighted by atomic mass is 19.4. The van der Waals surface area contributed by atoms with Crippen LogP contribution in [0.1, 0.15) is 30.5 Å². The lowest BCUT2D eigenvalue weighted by molar-refractivity contribution is -0.137. The van der Waals surface area contributed by atoms with Crippen molar-refractivity contribution in [1.82, 2.24) is 4.90 Å². The van der Waals surface area contributed by atoms with Crippen LogP contribution in [-0.2, 0) is 17.5 Å². The van der Waals surface area contributed by atoms with Gasteiger partial charge >= 0.3 is 12.2 Å². The predicted octanol–water partition coefficient (Wildman–Crippen LogP) is 4.46. The summed E-state index contributed by atoms with van der Waals surface area (Å²) in [6.07, 6.45) is -4.82. The fourth-order valence-electron chi connectivity index (χ4n) is 3.10. The molecule has 0 N–H and O–H groups in total. The minimum atomic E-state index is -4.82. The van der Waals surface area contributed by atoms with Crippen LogP contribution < -0.4 is 4.90 Å². The molecule has 1 aliphatic heterocycles. The van der Waals surface area contributed by atoms with Gasteiger partial charge in [0.25, 0.3) is 5.91 Å². The molecule has 1 saturated heterocycles. The second kappa shape index (κ2) is 6.88. The number of anilines is 1. The maximum absolute atomic E-state index is 13.3. The van der Waals surface area contributed by atoms with E-state index in [-0.39, 0.29) is 12.2 Å². The number of urea groups is 1. The molecule has 0 radical (unpaired) electrons. The molecule has 0 atom stereocenters. The minimum absolute atomic E-state index is 0.0310. The standard InChI is InChI=1S/C20H15F4N3O2/c1-19(2)17(28)27(15-8-5-13(10-25)16(9-15)20(22,23)24)18(29)26(19)11-12-3-6-14(21)7-4-12/h3-9H,11H2,1-2H3. The molecule has 9 heteroatoms. The van der Waals surface area contributed by atoms with E-state index in [1.54, 1.807) is 0 Å². The average Bonchev–Trinajstić information content (AvgIpc) is 2.82. The maximum Gasteiger partial charge on any atom is 0.417 e. The minimum Gasteiger partial charge on any atom is -0.305 e. The fraction of sp³-hybridized carbons (Fsp3) is 0.250. The van der Waals surface area contributed by atoms with E-state index >= 15 is 0 Å². The first-order valence-electron chi connectivity index (χ1n) is 8.49. The Labute approximate surface area is 163 Å². The van der Waals surface area contributed by atoms with Gasteiger partial charge in [-0.15, -0.1) is 0 Å². The SMILES string of the molecule is CC1(C)C(=O)N(c2ccc(C#N)c(C(F)(F)F)c2)C(=O)N1Cc1ccc(F)cc1. The number of rotatable bonds is 3. The number of halogens is 4. The average molecular weight is 405 g/mol. The molecule has 1 aliphatic rings. The van der Waals surface area contributed by atoms with Crippen molar-refractivity contribution in [3.8, 4) is 6.07 Å². The molecule has 2 aromatic rings. The van der Waals surface area contributed by atoms with E-state index < -0.39 is 40.6 Å². The number of nitriles is 1. The molecule has 3 rings (SSSR count). The number of alkyl halides is 3. The topological polar surface area (TPSA) is 64.4 Å². The molecule has 0 spiro atoms. The summed E-state index contributed by atoms with van der Waals surface area (Å²) >= 11 is 0. The molecule has 0 aromatic heterocycles. The third-order valence-electron chi connectivity index (χ3n) is 4.76. The predicted molar refractivity (Wildman–Crippen MR) is 95.1 cm³/mol. The number of hydrogen-bond acceptors (Lipinski definition) is 3. The van der Waals surface area contributed by atoms with E-state index in [2.05, 4.69) is 0 Å². The van der Waals surface area contributed by atoms with Gasteiger partial charge in [-0.1, -0.05) is 12.1 Å². The van der Waals surface area contributed by atoms with Crippen LogP contribution in [0.2, 0.25) is 0 Å². The van der Waals surface area contributed by atoms with Crippen LogP contribution in [0.3, 0.4) is 0 Å². The molecule has 0 bridgehead atoms. The van der Waals surface area contributed by atoms with Crippen molar-refractivity contribution in [3.05, 3.63) is 65.0 Å². The first kappa shape index (κ1) is 20.3. The summed E-state index contributed by atoms with van der Waals surface area (Å²) in [6.45, 7) is 2.92. The van der Waals surface area contributed by atoms with Crippen LogP contribution in [0.15, 0.2) is 42.5 Å². The Bertz CT molecular complexity index is 1020. The third kappa shape index (κ3) is 3.53. The van der Waals surface area contributed by atoms with Gasteiger partial charge in [-0.2, -0.15) is 18.4 Å². The molecular formula is C20H15F4N3O2. The van der Waals surface area contributed by atoms with E-state index in [1.807, 2.05) is 0 Å². The quantitative estimate of drug-likeness (QED) is 0.559. The van der Waals surface area contributed by atoms with Crippen molar-refractivity contribution in [1.29, 1.82) is 5.26 Å². The lowest BCUT2D eigenvalue weighted by atomic mass is 10.0. The summed E-state index contributed by atoms with van der Waals surface area (Å²) in [5, 5.41) is 8.92. The van der Waals surface area contributed by atoms with E-state index in [4.69, 9.17) is 5.26 Å². The summed E-state index contributed by atoms with van der Waals surface area (Å²) in [7, 11) is 0. The monoisotopic (exact) mass is 405 g/mol. The van der Waals surface area contributed by atoms with Gasteiger partial charge in [-0.25, -0.2) is 14.1 Å². The van der Waals surface area contributed by atoms with E-state index in [1.165, 1.54) is 49.1 Å². The Morgan fingerprint density at radius 2 is 1.69 bits per heavy atom. The van der Waals surface area contributed by atoms with Crippen molar-refractivity contribution in [2.24, 2.45) is 0 Å². The van der Waals surface area contributed by atoms with Crippen molar-refractivity contribution in [3.63, 3.8) is 0 Å². The third-order valence-corrected chi connectivity index (χ3v) is 4.76. The van der Waals surface area contributed by atoms with Gasteiger partial charge in [0.1, 0.15) is 11.4 Å². The number of amides is 3. The zero-order chi connectivity index (χ0) is 21.6. The number of carbonyl (C=O) groups excluding carboxylic acids is 2. The molecule has 0 aliphatic carbocycles. The van der Waals surface area contributed by atoms with Crippen LogP contribution in [0.4, 0.5) is 28.0 Å².